The van der Waals surface area contributed by atoms with E-state index >= 15 is 0 Å². The molecule has 2 N–H and O–H groups in total. The molecule has 0 aliphatic heterocycles. The predicted octanol–water partition coefficient (Wildman–Crippen LogP) is 1.51. The second-order valence-electron chi connectivity index (χ2n) is 2.18. The SMILES string of the molecule is CN/C=C\c1cc[nH]c1C. The summed E-state index contributed by atoms with van der Waals surface area (Å²) in [6.45, 7) is 2.05. The van der Waals surface area contributed by atoms with Crippen LogP contribution in [0.25, 0.3) is 6.08 Å². The fourth-order valence-electron chi connectivity index (χ4n) is 0.818. The van der Waals surface area contributed by atoms with Crippen LogP contribution in [0.2, 0.25) is 0 Å². The maximum Gasteiger partial charge on any atom is 0.0189 e. The van der Waals surface area contributed by atoms with E-state index in [1.165, 1.54) is 11.3 Å². The van der Waals surface area contributed by atoms with Gasteiger partial charge in [0.1, 0.15) is 0 Å². The maximum absolute atomic E-state index is 3.10. The monoisotopic (exact) mass is 136 g/mol. The fourth-order valence-corrected chi connectivity index (χ4v) is 0.818. The van der Waals surface area contributed by atoms with Crippen molar-refractivity contribution in [3.63, 3.8) is 0 Å². The second-order valence-corrected chi connectivity index (χ2v) is 2.18. The first kappa shape index (κ1) is 6.93. The molecule has 2 heteroatoms. The summed E-state index contributed by atoms with van der Waals surface area (Å²) >= 11 is 0. The normalized spacial score (nSPS) is 10.6. The largest absolute Gasteiger partial charge is 0.394 e. The van der Waals surface area contributed by atoms with Gasteiger partial charge in [0.15, 0.2) is 0 Å². The van der Waals surface area contributed by atoms with Crippen molar-refractivity contribution >= 4 is 6.08 Å². The smallest absolute Gasteiger partial charge is 0.0189 e. The molecule has 54 valence electrons. The quantitative estimate of drug-likeness (QED) is 0.633. The van der Waals surface area contributed by atoms with Crippen LogP contribution >= 0.6 is 0 Å². The molecule has 0 radical (unpaired) electrons. The van der Waals surface area contributed by atoms with Gasteiger partial charge in [0.25, 0.3) is 0 Å². The Balaban J connectivity index is 2.74. The van der Waals surface area contributed by atoms with Gasteiger partial charge in [0, 0.05) is 18.9 Å². The molecule has 0 saturated heterocycles. The number of hydrogen-bond acceptors (Lipinski definition) is 1. The number of nitrogens with one attached hydrogen (secondary N) is 2. The summed E-state index contributed by atoms with van der Waals surface area (Å²) in [7, 11) is 1.89. The van der Waals surface area contributed by atoms with E-state index in [-0.39, 0.29) is 0 Å². The molecule has 10 heavy (non-hydrogen) atoms. The Labute approximate surface area is 61.0 Å². The van der Waals surface area contributed by atoms with E-state index in [0.29, 0.717) is 0 Å². The van der Waals surface area contributed by atoms with Crippen LogP contribution in [0.4, 0.5) is 0 Å². The molecule has 0 atom stereocenters. The Kier molecular flexibility index (Phi) is 2.15. The Morgan fingerprint density at radius 1 is 1.60 bits per heavy atom. The molecule has 0 saturated carbocycles. The molecular weight excluding hydrogens is 124 g/mol. The third-order valence-electron chi connectivity index (χ3n) is 1.43. The topological polar surface area (TPSA) is 27.8 Å². The third-order valence-corrected chi connectivity index (χ3v) is 1.43. The lowest BCUT2D eigenvalue weighted by Gasteiger charge is -1.88. The van der Waals surface area contributed by atoms with Gasteiger partial charge in [-0.3, -0.25) is 0 Å². The number of aromatic nitrogens is 1. The molecule has 0 aliphatic rings. The molecule has 1 aromatic heterocycles. The highest BCUT2D eigenvalue weighted by molar-refractivity contribution is 5.51. The molecule has 0 spiro atoms. The molecule has 0 amide bonds. The zero-order valence-corrected chi connectivity index (χ0v) is 6.31. The standard InChI is InChI=1S/C8H12N2/c1-7-8(3-5-9-2)4-6-10-7/h3-6,9-10H,1-2H3/b5-3-. The van der Waals surface area contributed by atoms with Crippen LogP contribution in [-0.4, -0.2) is 12.0 Å². The molecule has 0 bridgehead atoms. The Hall–Kier alpha value is -1.18. The molecule has 1 rings (SSSR count). The number of rotatable bonds is 2. The van der Waals surface area contributed by atoms with E-state index in [9.17, 15) is 0 Å². The zero-order chi connectivity index (χ0) is 7.40. The lowest BCUT2D eigenvalue weighted by molar-refractivity contribution is 1.11. The average Bonchev–Trinajstić information content (AvgIpc) is 2.31. The first-order chi connectivity index (χ1) is 4.84. The summed E-state index contributed by atoms with van der Waals surface area (Å²) in [4.78, 5) is 3.10. The van der Waals surface area contributed by atoms with Crippen molar-refractivity contribution in [2.45, 2.75) is 6.92 Å². The number of H-pyrrole nitrogens is 1. The third kappa shape index (κ3) is 1.41. The van der Waals surface area contributed by atoms with Gasteiger partial charge < -0.3 is 10.3 Å². The Bertz CT molecular complexity index is 223. The van der Waals surface area contributed by atoms with Gasteiger partial charge in [0.05, 0.1) is 0 Å². The molecular formula is C8H12N2. The highest BCUT2D eigenvalue weighted by Crippen LogP contribution is 2.05. The minimum atomic E-state index is 1.20. The van der Waals surface area contributed by atoms with Crippen molar-refractivity contribution in [2.75, 3.05) is 7.05 Å². The van der Waals surface area contributed by atoms with E-state index in [0.717, 1.165) is 0 Å². The van der Waals surface area contributed by atoms with E-state index in [2.05, 4.69) is 17.2 Å². The average molecular weight is 136 g/mol. The Morgan fingerprint density at radius 2 is 2.40 bits per heavy atom. The van der Waals surface area contributed by atoms with Crippen LogP contribution in [0.1, 0.15) is 11.3 Å². The van der Waals surface area contributed by atoms with Crippen molar-refractivity contribution < 1.29 is 0 Å². The highest BCUT2D eigenvalue weighted by Gasteiger charge is 1.90. The summed E-state index contributed by atoms with van der Waals surface area (Å²) in [6, 6.07) is 2.04. The van der Waals surface area contributed by atoms with Gasteiger partial charge in [-0.2, -0.15) is 0 Å². The fraction of sp³-hybridized carbons (Fsp3) is 0.250. The van der Waals surface area contributed by atoms with E-state index < -0.39 is 0 Å². The number of hydrogen-bond donors (Lipinski definition) is 2. The van der Waals surface area contributed by atoms with Gasteiger partial charge in [-0.05, 0) is 30.8 Å². The van der Waals surface area contributed by atoms with Gasteiger partial charge in [-0.1, -0.05) is 0 Å². The molecule has 0 aliphatic carbocycles. The van der Waals surface area contributed by atoms with E-state index in [4.69, 9.17) is 0 Å². The molecule has 1 aromatic rings. The minimum Gasteiger partial charge on any atom is -0.394 e. The summed E-state index contributed by atoms with van der Waals surface area (Å²) in [5.74, 6) is 0. The molecule has 2 nitrogen and oxygen atoms in total. The van der Waals surface area contributed by atoms with Gasteiger partial charge in [-0.25, -0.2) is 0 Å². The number of aryl methyl sites for hydroxylation is 1. The number of aromatic amines is 1. The molecule has 1 heterocycles. The van der Waals surface area contributed by atoms with Crippen molar-refractivity contribution in [3.05, 3.63) is 29.7 Å². The predicted molar refractivity (Wildman–Crippen MR) is 43.6 cm³/mol. The highest BCUT2D eigenvalue weighted by atomic mass is 14.8. The van der Waals surface area contributed by atoms with Crippen LogP contribution < -0.4 is 5.32 Å². The lowest BCUT2D eigenvalue weighted by Crippen LogP contribution is -1.90. The van der Waals surface area contributed by atoms with Crippen molar-refractivity contribution in [3.8, 4) is 0 Å². The van der Waals surface area contributed by atoms with Gasteiger partial charge in [-0.15, -0.1) is 0 Å². The van der Waals surface area contributed by atoms with Crippen LogP contribution in [0.15, 0.2) is 18.5 Å². The van der Waals surface area contributed by atoms with Crippen molar-refractivity contribution in [1.29, 1.82) is 0 Å². The minimum absolute atomic E-state index is 1.20. The second kappa shape index (κ2) is 3.11. The molecule has 0 fully saturated rings. The van der Waals surface area contributed by atoms with Crippen LogP contribution in [-0.2, 0) is 0 Å². The summed E-state index contributed by atoms with van der Waals surface area (Å²) < 4.78 is 0. The first-order valence-electron chi connectivity index (χ1n) is 3.32. The van der Waals surface area contributed by atoms with Gasteiger partial charge >= 0.3 is 0 Å². The van der Waals surface area contributed by atoms with Gasteiger partial charge in [0.2, 0.25) is 0 Å². The van der Waals surface area contributed by atoms with E-state index in [1.807, 2.05) is 31.6 Å². The summed E-state index contributed by atoms with van der Waals surface area (Å²) in [5, 5.41) is 2.94. The zero-order valence-electron chi connectivity index (χ0n) is 6.31. The van der Waals surface area contributed by atoms with Crippen LogP contribution in [0.3, 0.4) is 0 Å². The molecule has 0 unspecified atom stereocenters. The Morgan fingerprint density at radius 3 is 2.90 bits per heavy atom. The van der Waals surface area contributed by atoms with Crippen LogP contribution in [0, 0.1) is 6.92 Å². The first-order valence-corrected chi connectivity index (χ1v) is 3.32. The maximum atomic E-state index is 3.10. The lowest BCUT2D eigenvalue weighted by atomic mass is 10.2. The van der Waals surface area contributed by atoms with Crippen molar-refractivity contribution in [1.82, 2.24) is 10.3 Å². The van der Waals surface area contributed by atoms with Crippen LogP contribution in [0.5, 0.6) is 0 Å². The van der Waals surface area contributed by atoms with E-state index in [1.54, 1.807) is 0 Å². The summed E-state index contributed by atoms with van der Waals surface area (Å²) in [6.07, 6.45) is 5.88. The summed E-state index contributed by atoms with van der Waals surface area (Å²) in [5.41, 5.74) is 2.43. The van der Waals surface area contributed by atoms with Crippen molar-refractivity contribution in [2.24, 2.45) is 0 Å². The molecule has 0 aromatic carbocycles.